The van der Waals surface area contributed by atoms with Crippen LogP contribution in [0.15, 0.2) is 24.5 Å². The summed E-state index contributed by atoms with van der Waals surface area (Å²) in [4.78, 5) is 14.3. The Morgan fingerprint density at radius 2 is 2.47 bits per heavy atom. The molecule has 0 unspecified atom stereocenters. The summed E-state index contributed by atoms with van der Waals surface area (Å²) in [6.07, 6.45) is 5.90. The molecule has 0 aromatic carbocycles. The van der Waals surface area contributed by atoms with E-state index in [2.05, 4.69) is 0 Å². The van der Waals surface area contributed by atoms with Crippen molar-refractivity contribution < 1.29 is 14.1 Å². The lowest BCUT2D eigenvalue weighted by atomic mass is 10.2. The maximum absolute atomic E-state index is 12.3. The van der Waals surface area contributed by atoms with Gasteiger partial charge in [0.15, 0.2) is 12.4 Å². The van der Waals surface area contributed by atoms with Crippen LogP contribution < -0.4 is 4.57 Å². The number of aromatic nitrogens is 1. The van der Waals surface area contributed by atoms with E-state index in [0.29, 0.717) is 6.61 Å². The summed E-state index contributed by atoms with van der Waals surface area (Å²) < 4.78 is 7.06. The third-order valence-corrected chi connectivity index (χ3v) is 3.18. The van der Waals surface area contributed by atoms with Crippen molar-refractivity contribution in [1.82, 2.24) is 4.90 Å². The molecule has 4 nitrogen and oxygen atoms in total. The summed E-state index contributed by atoms with van der Waals surface area (Å²) in [7, 11) is 3.61. The standard InChI is InChI=1S/C13H19N2O2/c1-14-7-3-5-11(9-14)13(16)15-8-4-6-12(15)10-17-2/h3,5,7,9,12H,4,6,8,10H2,1-2H3/q+1/t12-/m0/s1. The van der Waals surface area contributed by atoms with Gasteiger partial charge in [0.2, 0.25) is 0 Å². The Kier molecular flexibility index (Phi) is 3.74. The normalized spacial score (nSPS) is 19.6. The first kappa shape index (κ1) is 12.0. The predicted octanol–water partition coefficient (Wildman–Crippen LogP) is 0.762. The minimum absolute atomic E-state index is 0.112. The highest BCUT2D eigenvalue weighted by molar-refractivity contribution is 5.94. The van der Waals surface area contributed by atoms with Gasteiger partial charge in [0.05, 0.1) is 12.6 Å². The maximum atomic E-state index is 12.3. The number of likely N-dealkylation sites (tertiary alicyclic amines) is 1. The highest BCUT2D eigenvalue weighted by Gasteiger charge is 2.29. The van der Waals surface area contributed by atoms with E-state index < -0.39 is 0 Å². The molecular formula is C13H19N2O2+. The summed E-state index contributed by atoms with van der Waals surface area (Å²) in [5, 5.41) is 0. The van der Waals surface area contributed by atoms with Gasteiger partial charge in [0.1, 0.15) is 12.6 Å². The summed E-state index contributed by atoms with van der Waals surface area (Å²) in [5.74, 6) is 0.112. The Hall–Kier alpha value is -1.42. The van der Waals surface area contributed by atoms with Crippen molar-refractivity contribution in [2.75, 3.05) is 20.3 Å². The molecular weight excluding hydrogens is 216 g/mol. The van der Waals surface area contributed by atoms with Gasteiger partial charge in [0.25, 0.3) is 5.91 Å². The monoisotopic (exact) mass is 235 g/mol. The molecule has 17 heavy (non-hydrogen) atoms. The van der Waals surface area contributed by atoms with Gasteiger partial charge in [-0.1, -0.05) is 0 Å². The number of ether oxygens (including phenoxy) is 1. The fourth-order valence-corrected chi connectivity index (χ4v) is 2.35. The molecule has 0 spiro atoms. The average molecular weight is 235 g/mol. The minimum Gasteiger partial charge on any atom is -0.383 e. The molecule has 0 saturated carbocycles. The van der Waals surface area contributed by atoms with E-state index in [1.807, 2.05) is 41.0 Å². The average Bonchev–Trinajstić information content (AvgIpc) is 2.77. The lowest BCUT2D eigenvalue weighted by molar-refractivity contribution is -0.671. The third kappa shape index (κ3) is 2.64. The number of hydrogen-bond acceptors (Lipinski definition) is 2. The Morgan fingerprint density at radius 1 is 1.65 bits per heavy atom. The van der Waals surface area contributed by atoms with Crippen LogP contribution in [-0.2, 0) is 11.8 Å². The highest BCUT2D eigenvalue weighted by atomic mass is 16.5. The van der Waals surface area contributed by atoms with Crippen LogP contribution in [0.2, 0.25) is 0 Å². The number of aryl methyl sites for hydroxylation is 1. The summed E-state index contributed by atoms with van der Waals surface area (Å²) >= 11 is 0. The Balaban J connectivity index is 2.14. The molecule has 1 saturated heterocycles. The van der Waals surface area contributed by atoms with Crippen LogP contribution in [0.4, 0.5) is 0 Å². The number of amides is 1. The van der Waals surface area contributed by atoms with E-state index in [4.69, 9.17) is 4.74 Å². The molecule has 0 radical (unpaired) electrons. The van der Waals surface area contributed by atoms with E-state index in [-0.39, 0.29) is 11.9 Å². The number of methoxy groups -OCH3 is 1. The number of carbonyl (C=O) groups excluding carboxylic acids is 1. The molecule has 0 bridgehead atoms. The van der Waals surface area contributed by atoms with Gasteiger partial charge in [-0.15, -0.1) is 0 Å². The first-order chi connectivity index (χ1) is 8.22. The molecule has 0 N–H and O–H groups in total. The van der Waals surface area contributed by atoms with E-state index in [9.17, 15) is 4.79 Å². The molecule has 1 aromatic rings. The second-order valence-corrected chi connectivity index (χ2v) is 4.51. The van der Waals surface area contributed by atoms with Crippen molar-refractivity contribution in [3.63, 3.8) is 0 Å². The molecule has 1 amide bonds. The van der Waals surface area contributed by atoms with Crippen LogP contribution in [0.1, 0.15) is 23.2 Å². The quantitative estimate of drug-likeness (QED) is 0.725. The van der Waals surface area contributed by atoms with E-state index in [1.165, 1.54) is 0 Å². The van der Waals surface area contributed by atoms with Gasteiger partial charge in [-0.3, -0.25) is 4.79 Å². The van der Waals surface area contributed by atoms with Crippen molar-refractivity contribution in [3.8, 4) is 0 Å². The molecule has 1 aliphatic heterocycles. The fourth-order valence-electron chi connectivity index (χ4n) is 2.35. The molecule has 2 heterocycles. The zero-order valence-corrected chi connectivity index (χ0v) is 10.4. The fraction of sp³-hybridized carbons (Fsp3) is 0.538. The molecule has 1 atom stereocenters. The zero-order valence-electron chi connectivity index (χ0n) is 10.4. The van der Waals surface area contributed by atoms with E-state index in [0.717, 1.165) is 24.9 Å². The molecule has 92 valence electrons. The van der Waals surface area contributed by atoms with Gasteiger partial charge in [-0.25, -0.2) is 4.57 Å². The molecule has 0 aliphatic carbocycles. The van der Waals surface area contributed by atoms with Gasteiger partial charge < -0.3 is 9.64 Å². The third-order valence-electron chi connectivity index (χ3n) is 3.18. The van der Waals surface area contributed by atoms with Crippen LogP contribution in [0.3, 0.4) is 0 Å². The first-order valence-corrected chi connectivity index (χ1v) is 5.97. The van der Waals surface area contributed by atoms with Crippen molar-refractivity contribution in [2.24, 2.45) is 7.05 Å². The number of hydrogen-bond donors (Lipinski definition) is 0. The van der Waals surface area contributed by atoms with Crippen LogP contribution in [-0.4, -0.2) is 37.1 Å². The van der Waals surface area contributed by atoms with Crippen molar-refractivity contribution in [1.29, 1.82) is 0 Å². The van der Waals surface area contributed by atoms with Crippen LogP contribution in [0, 0.1) is 0 Å². The highest BCUT2D eigenvalue weighted by Crippen LogP contribution is 2.19. The zero-order chi connectivity index (χ0) is 12.3. The maximum Gasteiger partial charge on any atom is 0.260 e. The SMILES string of the molecule is COC[C@@H]1CCCN1C(=O)c1ccc[n+](C)c1. The minimum atomic E-state index is 0.112. The van der Waals surface area contributed by atoms with Crippen LogP contribution in [0.25, 0.3) is 0 Å². The van der Waals surface area contributed by atoms with Crippen molar-refractivity contribution >= 4 is 5.91 Å². The summed E-state index contributed by atoms with van der Waals surface area (Å²) in [6.45, 7) is 1.47. The molecule has 2 rings (SSSR count). The number of carbonyl (C=O) groups is 1. The predicted molar refractivity (Wildman–Crippen MR) is 63.6 cm³/mol. The molecule has 1 aliphatic rings. The Bertz CT molecular complexity index is 406. The Labute approximate surface area is 102 Å². The summed E-state index contributed by atoms with van der Waals surface area (Å²) in [6, 6.07) is 4.00. The van der Waals surface area contributed by atoms with Crippen molar-refractivity contribution in [3.05, 3.63) is 30.1 Å². The van der Waals surface area contributed by atoms with Gasteiger partial charge in [0, 0.05) is 19.7 Å². The molecule has 4 heteroatoms. The lowest BCUT2D eigenvalue weighted by Crippen LogP contribution is -2.39. The molecule has 1 aromatic heterocycles. The van der Waals surface area contributed by atoms with Gasteiger partial charge in [-0.05, 0) is 18.9 Å². The molecule has 1 fully saturated rings. The summed E-state index contributed by atoms with van der Waals surface area (Å²) in [5.41, 5.74) is 0.748. The van der Waals surface area contributed by atoms with E-state index in [1.54, 1.807) is 7.11 Å². The second kappa shape index (κ2) is 5.27. The lowest BCUT2D eigenvalue weighted by Gasteiger charge is -2.23. The number of pyridine rings is 1. The van der Waals surface area contributed by atoms with E-state index >= 15 is 0 Å². The van der Waals surface area contributed by atoms with Crippen LogP contribution in [0.5, 0.6) is 0 Å². The topological polar surface area (TPSA) is 33.4 Å². The number of nitrogens with zero attached hydrogens (tertiary/aromatic N) is 2. The second-order valence-electron chi connectivity index (χ2n) is 4.51. The Morgan fingerprint density at radius 3 is 3.18 bits per heavy atom. The van der Waals surface area contributed by atoms with Gasteiger partial charge >= 0.3 is 0 Å². The smallest absolute Gasteiger partial charge is 0.260 e. The van der Waals surface area contributed by atoms with Gasteiger partial charge in [-0.2, -0.15) is 0 Å². The largest absolute Gasteiger partial charge is 0.383 e. The number of rotatable bonds is 3. The first-order valence-electron chi connectivity index (χ1n) is 5.97. The van der Waals surface area contributed by atoms with Crippen molar-refractivity contribution in [2.45, 2.75) is 18.9 Å². The van der Waals surface area contributed by atoms with Crippen LogP contribution >= 0.6 is 0 Å².